The highest BCUT2D eigenvalue weighted by atomic mass is 19.1. The number of halogens is 1. The molecule has 0 N–H and O–H groups in total. The van der Waals surface area contributed by atoms with Gasteiger partial charge in [-0.1, -0.05) is 19.1 Å². The Hall–Kier alpha value is -1.85. The molecule has 5 heteroatoms. The molecule has 3 atom stereocenters. The van der Waals surface area contributed by atoms with Crippen molar-refractivity contribution in [3.63, 3.8) is 0 Å². The highest BCUT2D eigenvalue weighted by Gasteiger charge is 2.53. The summed E-state index contributed by atoms with van der Waals surface area (Å²) in [5, 5.41) is 0. The summed E-state index contributed by atoms with van der Waals surface area (Å²) in [6, 6.07) is 8.36. The Kier molecular flexibility index (Phi) is 4.89. The standard InChI is InChI=1S/C23H29FN4/c1-2-3-21-25-12-16(13-26-21)14-28-15-20(17-4-6-19(24)7-5-17)23-22(28)18-8-10-27(23)11-9-18/h4-7,12-13,18,20,22-23H,2-3,8-11,14-15H2,1H3/t20-,22+,23+/m1/s1. The molecule has 0 spiro atoms. The summed E-state index contributed by atoms with van der Waals surface area (Å²) >= 11 is 0. The van der Waals surface area contributed by atoms with Gasteiger partial charge >= 0.3 is 0 Å². The van der Waals surface area contributed by atoms with E-state index in [4.69, 9.17) is 0 Å². The summed E-state index contributed by atoms with van der Waals surface area (Å²) in [6.07, 6.45) is 8.66. The van der Waals surface area contributed by atoms with Crippen molar-refractivity contribution in [2.75, 3.05) is 19.6 Å². The van der Waals surface area contributed by atoms with Crippen LogP contribution in [0.5, 0.6) is 0 Å². The first-order valence-electron chi connectivity index (χ1n) is 10.8. The number of likely N-dealkylation sites (tertiary alicyclic amines) is 1. The lowest BCUT2D eigenvalue weighted by Crippen LogP contribution is -2.59. The molecule has 1 aromatic carbocycles. The van der Waals surface area contributed by atoms with Crippen molar-refractivity contribution in [3.05, 3.63) is 59.4 Å². The maximum Gasteiger partial charge on any atom is 0.128 e. The van der Waals surface area contributed by atoms with Crippen LogP contribution in [0.15, 0.2) is 36.7 Å². The lowest BCUT2D eigenvalue weighted by Gasteiger charge is -2.51. The SMILES string of the molecule is CCCc1ncc(CN2C[C@H](c3ccc(F)cc3)[C@H]3[C@@H]2C2CCN3CC2)cn1. The zero-order chi connectivity index (χ0) is 19.1. The largest absolute Gasteiger partial charge is 0.298 e. The second-order valence-electron chi connectivity index (χ2n) is 8.70. The molecule has 0 aliphatic carbocycles. The second-order valence-corrected chi connectivity index (χ2v) is 8.70. The van der Waals surface area contributed by atoms with E-state index in [1.807, 2.05) is 24.5 Å². The van der Waals surface area contributed by atoms with Crippen molar-refractivity contribution >= 4 is 0 Å². The highest BCUT2D eigenvalue weighted by Crippen LogP contribution is 2.46. The van der Waals surface area contributed by atoms with Crippen LogP contribution in [0.2, 0.25) is 0 Å². The smallest absolute Gasteiger partial charge is 0.128 e. The molecule has 1 aromatic heterocycles. The molecule has 2 aromatic rings. The lowest BCUT2D eigenvalue weighted by atomic mass is 9.75. The molecule has 148 valence electrons. The number of fused-ring (bicyclic) bond motifs is 2. The number of aromatic nitrogens is 2. The number of hydrogen-bond donors (Lipinski definition) is 0. The van der Waals surface area contributed by atoms with E-state index in [0.29, 0.717) is 18.0 Å². The monoisotopic (exact) mass is 380 g/mol. The van der Waals surface area contributed by atoms with Crippen LogP contribution in [-0.2, 0) is 13.0 Å². The van der Waals surface area contributed by atoms with Crippen LogP contribution in [-0.4, -0.2) is 51.5 Å². The molecule has 6 rings (SSSR count). The number of aryl methyl sites for hydroxylation is 1. The first-order chi connectivity index (χ1) is 13.7. The van der Waals surface area contributed by atoms with Crippen LogP contribution in [0.3, 0.4) is 0 Å². The Morgan fingerprint density at radius 2 is 1.75 bits per heavy atom. The molecule has 2 bridgehead atoms. The fourth-order valence-electron chi connectivity index (χ4n) is 5.78. The van der Waals surface area contributed by atoms with Crippen LogP contribution >= 0.6 is 0 Å². The number of rotatable bonds is 5. The van der Waals surface area contributed by atoms with Crippen molar-refractivity contribution in [2.24, 2.45) is 5.92 Å². The number of hydrogen-bond acceptors (Lipinski definition) is 4. The van der Waals surface area contributed by atoms with Crippen LogP contribution in [0, 0.1) is 11.7 Å². The van der Waals surface area contributed by atoms with E-state index in [1.54, 1.807) is 12.1 Å². The minimum absolute atomic E-state index is 0.148. The molecule has 4 saturated heterocycles. The molecule has 0 unspecified atom stereocenters. The summed E-state index contributed by atoms with van der Waals surface area (Å²) in [5.41, 5.74) is 2.48. The first kappa shape index (κ1) is 18.2. The number of piperidine rings is 3. The summed E-state index contributed by atoms with van der Waals surface area (Å²) < 4.78 is 13.5. The average Bonchev–Trinajstić information content (AvgIpc) is 3.13. The maximum absolute atomic E-state index is 13.5. The molecule has 4 fully saturated rings. The predicted octanol–water partition coefficient (Wildman–Crippen LogP) is 3.63. The normalized spacial score (nSPS) is 31.9. The lowest BCUT2D eigenvalue weighted by molar-refractivity contribution is -0.00874. The van der Waals surface area contributed by atoms with E-state index in [9.17, 15) is 4.39 Å². The van der Waals surface area contributed by atoms with Crippen molar-refractivity contribution < 1.29 is 4.39 Å². The molecule has 4 aliphatic rings. The predicted molar refractivity (Wildman–Crippen MR) is 107 cm³/mol. The molecule has 0 amide bonds. The fraction of sp³-hybridized carbons (Fsp3) is 0.565. The molecule has 4 aliphatic heterocycles. The molecule has 28 heavy (non-hydrogen) atoms. The maximum atomic E-state index is 13.5. The summed E-state index contributed by atoms with van der Waals surface area (Å²) in [5.74, 6) is 2.03. The van der Waals surface area contributed by atoms with Gasteiger partial charge in [0.1, 0.15) is 11.6 Å². The van der Waals surface area contributed by atoms with Gasteiger partial charge in [-0.3, -0.25) is 9.80 Å². The molecular formula is C23H29FN4. The molecular weight excluding hydrogens is 351 g/mol. The van der Waals surface area contributed by atoms with Crippen LogP contribution in [0.25, 0.3) is 0 Å². The van der Waals surface area contributed by atoms with Gasteiger partial charge in [0.15, 0.2) is 0 Å². The average molecular weight is 381 g/mol. The second kappa shape index (κ2) is 7.53. The van der Waals surface area contributed by atoms with E-state index in [0.717, 1.165) is 37.7 Å². The van der Waals surface area contributed by atoms with Gasteiger partial charge in [-0.25, -0.2) is 14.4 Å². The summed E-state index contributed by atoms with van der Waals surface area (Å²) in [4.78, 5) is 14.5. The van der Waals surface area contributed by atoms with E-state index in [1.165, 1.54) is 37.1 Å². The zero-order valence-corrected chi connectivity index (χ0v) is 16.6. The fourth-order valence-corrected chi connectivity index (χ4v) is 5.78. The first-order valence-corrected chi connectivity index (χ1v) is 10.8. The Labute approximate surface area is 166 Å². The Morgan fingerprint density at radius 1 is 1.04 bits per heavy atom. The number of benzene rings is 1. The van der Waals surface area contributed by atoms with Crippen molar-refractivity contribution in [1.82, 2.24) is 19.8 Å². The summed E-state index contributed by atoms with van der Waals surface area (Å²) in [7, 11) is 0. The topological polar surface area (TPSA) is 32.3 Å². The van der Waals surface area contributed by atoms with Crippen molar-refractivity contribution in [2.45, 2.75) is 57.2 Å². The van der Waals surface area contributed by atoms with Crippen molar-refractivity contribution in [1.29, 1.82) is 0 Å². The zero-order valence-electron chi connectivity index (χ0n) is 16.6. The number of nitrogens with zero attached hydrogens (tertiary/aromatic N) is 4. The Bertz CT molecular complexity index is 798. The van der Waals surface area contributed by atoms with E-state index >= 15 is 0 Å². The molecule has 0 radical (unpaired) electrons. The molecule has 4 nitrogen and oxygen atoms in total. The van der Waals surface area contributed by atoms with Crippen LogP contribution < -0.4 is 0 Å². The van der Waals surface area contributed by atoms with E-state index in [2.05, 4.69) is 26.7 Å². The van der Waals surface area contributed by atoms with E-state index in [-0.39, 0.29) is 5.82 Å². The third-order valence-corrected chi connectivity index (χ3v) is 7.01. The third kappa shape index (κ3) is 3.25. The Balaban J connectivity index is 1.41. The highest BCUT2D eigenvalue weighted by molar-refractivity contribution is 5.28. The van der Waals surface area contributed by atoms with Crippen LogP contribution in [0.1, 0.15) is 49.1 Å². The van der Waals surface area contributed by atoms with Gasteiger partial charge in [-0.05, 0) is 56.0 Å². The van der Waals surface area contributed by atoms with Gasteiger partial charge in [-0.2, -0.15) is 0 Å². The minimum atomic E-state index is -0.148. The van der Waals surface area contributed by atoms with Gasteiger partial charge in [0.2, 0.25) is 0 Å². The van der Waals surface area contributed by atoms with Gasteiger partial charge in [0.05, 0.1) is 0 Å². The van der Waals surface area contributed by atoms with Crippen LogP contribution in [0.4, 0.5) is 4.39 Å². The van der Waals surface area contributed by atoms with Gasteiger partial charge in [0, 0.05) is 55.5 Å². The quantitative estimate of drug-likeness (QED) is 0.793. The third-order valence-electron chi connectivity index (χ3n) is 7.01. The Morgan fingerprint density at radius 3 is 2.43 bits per heavy atom. The molecule has 0 saturated carbocycles. The summed E-state index contributed by atoms with van der Waals surface area (Å²) in [6.45, 7) is 6.53. The molecule has 5 heterocycles. The van der Waals surface area contributed by atoms with Gasteiger partial charge in [-0.15, -0.1) is 0 Å². The van der Waals surface area contributed by atoms with E-state index < -0.39 is 0 Å². The van der Waals surface area contributed by atoms with Gasteiger partial charge < -0.3 is 0 Å². The van der Waals surface area contributed by atoms with Gasteiger partial charge in [0.25, 0.3) is 0 Å². The van der Waals surface area contributed by atoms with Crippen molar-refractivity contribution in [3.8, 4) is 0 Å². The minimum Gasteiger partial charge on any atom is -0.298 e.